The highest BCUT2D eigenvalue weighted by Gasteiger charge is 2.45. The number of ether oxygens (including phenoxy) is 3. The second-order valence-corrected chi connectivity index (χ2v) is 5.63. The number of Topliss-reactive ketones (excluding diaryl/α,β-unsaturated/α-hetero) is 1. The first-order valence-corrected chi connectivity index (χ1v) is 8.43. The number of esters is 3. The topological polar surface area (TPSA) is 116 Å². The lowest BCUT2D eigenvalue weighted by Crippen LogP contribution is -2.51. The van der Waals surface area contributed by atoms with Crippen molar-refractivity contribution >= 4 is 23.7 Å². The average molecular weight is 360 g/mol. The van der Waals surface area contributed by atoms with Gasteiger partial charge in [0.2, 0.25) is 0 Å². The second kappa shape index (κ2) is 11.6. The lowest BCUT2D eigenvalue weighted by Gasteiger charge is -2.35. The highest BCUT2D eigenvalue weighted by molar-refractivity contribution is 5.83. The average Bonchev–Trinajstić information content (AvgIpc) is 2.65. The summed E-state index contributed by atoms with van der Waals surface area (Å²) in [6.07, 6.45) is -1.31. The van der Waals surface area contributed by atoms with E-state index in [1.807, 2.05) is 0 Å². The summed E-state index contributed by atoms with van der Waals surface area (Å²) in [6, 6.07) is 0. The minimum absolute atomic E-state index is 0.0219. The van der Waals surface area contributed by atoms with Crippen LogP contribution in [-0.4, -0.2) is 54.7 Å². The van der Waals surface area contributed by atoms with Crippen LogP contribution < -0.4 is 0 Å². The molecule has 144 valence electrons. The Bertz CT molecular complexity index is 421. The fraction of sp³-hybridized carbons (Fsp3) is 0.765. The standard InChI is InChI=1S/C17H28O8/c1-5-12(18)16(22)17(9-23-13(19)6-2,10-24-14(20)7-3)11-25-15(21)8-4/h16,22H,5-11H2,1-4H3. The van der Waals surface area contributed by atoms with Crippen LogP contribution in [0.5, 0.6) is 0 Å². The summed E-state index contributed by atoms with van der Waals surface area (Å²) >= 11 is 0. The zero-order valence-corrected chi connectivity index (χ0v) is 15.3. The van der Waals surface area contributed by atoms with E-state index in [2.05, 4.69) is 0 Å². The molecule has 0 radical (unpaired) electrons. The van der Waals surface area contributed by atoms with Gasteiger partial charge in [0.15, 0.2) is 5.78 Å². The third-order valence-electron chi connectivity index (χ3n) is 3.66. The zero-order valence-electron chi connectivity index (χ0n) is 15.3. The highest BCUT2D eigenvalue weighted by atomic mass is 16.6. The third kappa shape index (κ3) is 7.64. The smallest absolute Gasteiger partial charge is 0.305 e. The van der Waals surface area contributed by atoms with Gasteiger partial charge in [0.25, 0.3) is 0 Å². The van der Waals surface area contributed by atoms with E-state index in [1.165, 1.54) is 0 Å². The quantitative estimate of drug-likeness (QED) is 0.407. The van der Waals surface area contributed by atoms with Crippen LogP contribution in [0.1, 0.15) is 53.4 Å². The van der Waals surface area contributed by atoms with E-state index in [4.69, 9.17) is 14.2 Å². The van der Waals surface area contributed by atoms with Crippen molar-refractivity contribution in [3.63, 3.8) is 0 Å². The Morgan fingerprint density at radius 2 is 1.04 bits per heavy atom. The molecule has 0 rings (SSSR count). The summed E-state index contributed by atoms with van der Waals surface area (Å²) in [5.41, 5.74) is -1.55. The molecule has 8 heteroatoms. The van der Waals surface area contributed by atoms with Gasteiger partial charge >= 0.3 is 17.9 Å². The molecule has 0 saturated carbocycles. The fourth-order valence-corrected chi connectivity index (χ4v) is 1.88. The molecular weight excluding hydrogens is 332 g/mol. The van der Waals surface area contributed by atoms with Crippen molar-refractivity contribution < 1.29 is 38.5 Å². The Hall–Kier alpha value is -1.96. The first-order valence-electron chi connectivity index (χ1n) is 8.43. The van der Waals surface area contributed by atoms with Gasteiger partial charge in [-0.05, 0) is 0 Å². The van der Waals surface area contributed by atoms with Crippen LogP contribution in [0.25, 0.3) is 0 Å². The first-order chi connectivity index (χ1) is 11.8. The van der Waals surface area contributed by atoms with Gasteiger partial charge in [-0.1, -0.05) is 27.7 Å². The van der Waals surface area contributed by atoms with Crippen molar-refractivity contribution in [2.24, 2.45) is 5.41 Å². The van der Waals surface area contributed by atoms with E-state index in [0.717, 1.165) is 0 Å². The lowest BCUT2D eigenvalue weighted by molar-refractivity contribution is -0.176. The van der Waals surface area contributed by atoms with Gasteiger partial charge in [0.05, 0.1) is 0 Å². The number of carbonyl (C=O) groups excluding carboxylic acids is 4. The van der Waals surface area contributed by atoms with Crippen molar-refractivity contribution in [2.75, 3.05) is 19.8 Å². The maximum absolute atomic E-state index is 12.0. The Balaban J connectivity index is 5.54. The maximum atomic E-state index is 12.0. The van der Waals surface area contributed by atoms with E-state index in [9.17, 15) is 24.3 Å². The maximum Gasteiger partial charge on any atom is 0.305 e. The molecule has 0 aromatic rings. The van der Waals surface area contributed by atoms with Gasteiger partial charge in [0, 0.05) is 25.7 Å². The second-order valence-electron chi connectivity index (χ2n) is 5.63. The van der Waals surface area contributed by atoms with E-state index >= 15 is 0 Å². The van der Waals surface area contributed by atoms with Gasteiger partial charge in [-0.15, -0.1) is 0 Å². The predicted octanol–water partition coefficient (Wildman–Crippen LogP) is 1.17. The van der Waals surface area contributed by atoms with Crippen LogP contribution >= 0.6 is 0 Å². The van der Waals surface area contributed by atoms with E-state index < -0.39 is 55.0 Å². The number of ketones is 1. The predicted molar refractivity (Wildman–Crippen MR) is 87.5 cm³/mol. The van der Waals surface area contributed by atoms with Crippen LogP contribution in [0, 0.1) is 5.41 Å². The molecule has 0 spiro atoms. The van der Waals surface area contributed by atoms with E-state index in [0.29, 0.717) is 0 Å². The molecular formula is C17H28O8. The van der Waals surface area contributed by atoms with Gasteiger partial charge in [-0.3, -0.25) is 19.2 Å². The Labute approximate surface area is 147 Å². The molecule has 0 heterocycles. The molecule has 8 nitrogen and oxygen atoms in total. The van der Waals surface area contributed by atoms with Crippen molar-refractivity contribution in [1.82, 2.24) is 0 Å². The summed E-state index contributed by atoms with van der Waals surface area (Å²) in [6.45, 7) is 5.08. The molecule has 1 N–H and O–H groups in total. The van der Waals surface area contributed by atoms with Gasteiger partial charge in [-0.2, -0.15) is 0 Å². The van der Waals surface area contributed by atoms with Crippen molar-refractivity contribution in [3.8, 4) is 0 Å². The number of hydrogen-bond acceptors (Lipinski definition) is 8. The van der Waals surface area contributed by atoms with Crippen LogP contribution in [0.3, 0.4) is 0 Å². The van der Waals surface area contributed by atoms with Crippen LogP contribution in [0.4, 0.5) is 0 Å². The molecule has 0 aliphatic carbocycles. The van der Waals surface area contributed by atoms with Crippen molar-refractivity contribution in [1.29, 1.82) is 0 Å². The van der Waals surface area contributed by atoms with Gasteiger partial charge in [-0.25, -0.2) is 0 Å². The normalized spacial score (nSPS) is 12.2. The molecule has 0 aromatic heterocycles. The molecule has 1 unspecified atom stereocenters. The molecule has 25 heavy (non-hydrogen) atoms. The summed E-state index contributed by atoms with van der Waals surface area (Å²) in [5, 5.41) is 10.5. The van der Waals surface area contributed by atoms with E-state index in [-0.39, 0.29) is 25.7 Å². The third-order valence-corrected chi connectivity index (χ3v) is 3.66. The van der Waals surface area contributed by atoms with Crippen LogP contribution in [0.2, 0.25) is 0 Å². The highest BCUT2D eigenvalue weighted by Crippen LogP contribution is 2.27. The molecule has 0 amide bonds. The first kappa shape index (κ1) is 23.0. The number of hydrogen-bond donors (Lipinski definition) is 1. The largest absolute Gasteiger partial charge is 0.465 e. The Kier molecular flexibility index (Phi) is 10.7. The summed E-state index contributed by atoms with van der Waals surface area (Å²) in [4.78, 5) is 46.5. The molecule has 0 bridgehead atoms. The van der Waals surface area contributed by atoms with Crippen molar-refractivity contribution in [3.05, 3.63) is 0 Å². The Morgan fingerprint density at radius 3 is 1.28 bits per heavy atom. The van der Waals surface area contributed by atoms with Crippen LogP contribution in [0.15, 0.2) is 0 Å². The molecule has 0 aliphatic rings. The summed E-state index contributed by atoms with van der Waals surface area (Å²) in [7, 11) is 0. The number of aliphatic hydroxyl groups is 1. The number of carbonyl (C=O) groups is 4. The molecule has 0 aliphatic heterocycles. The SMILES string of the molecule is CCC(=O)OCC(COC(=O)CC)(COC(=O)CC)C(O)C(=O)CC. The van der Waals surface area contributed by atoms with E-state index in [1.54, 1.807) is 27.7 Å². The summed E-state index contributed by atoms with van der Waals surface area (Å²) in [5.74, 6) is -2.19. The molecule has 0 saturated heterocycles. The monoisotopic (exact) mass is 360 g/mol. The zero-order chi connectivity index (χ0) is 19.5. The molecule has 0 aromatic carbocycles. The molecule has 0 fully saturated rings. The summed E-state index contributed by atoms with van der Waals surface area (Å²) < 4.78 is 15.2. The number of aliphatic hydroxyl groups excluding tert-OH is 1. The molecule has 1 atom stereocenters. The van der Waals surface area contributed by atoms with Gasteiger partial charge in [0.1, 0.15) is 31.3 Å². The van der Waals surface area contributed by atoms with Gasteiger partial charge < -0.3 is 19.3 Å². The van der Waals surface area contributed by atoms with Crippen molar-refractivity contribution in [2.45, 2.75) is 59.5 Å². The number of rotatable bonds is 12. The Morgan fingerprint density at radius 1 is 0.720 bits per heavy atom. The fourth-order valence-electron chi connectivity index (χ4n) is 1.88. The lowest BCUT2D eigenvalue weighted by atomic mass is 9.81. The minimum atomic E-state index is -1.61. The minimum Gasteiger partial charge on any atom is -0.465 e. The van der Waals surface area contributed by atoms with Crippen LogP contribution in [-0.2, 0) is 33.4 Å².